The summed E-state index contributed by atoms with van der Waals surface area (Å²) in [5.41, 5.74) is 4.46. The predicted octanol–water partition coefficient (Wildman–Crippen LogP) is 3.47. The number of rotatable bonds is 10. The molecule has 0 aliphatic rings. The molecule has 160 valence electrons. The van der Waals surface area contributed by atoms with E-state index in [2.05, 4.69) is 0 Å². The van der Waals surface area contributed by atoms with Gasteiger partial charge in [0.25, 0.3) is 0 Å². The third kappa shape index (κ3) is 6.69. The number of ether oxygens (including phenoxy) is 1. The van der Waals surface area contributed by atoms with Crippen LogP contribution in [-0.2, 0) is 19.0 Å². The molecule has 2 aromatic carbocycles. The highest BCUT2D eigenvalue weighted by molar-refractivity contribution is 5.39. The number of nitrogens with two attached hydrogens (primary N) is 1. The standard InChI is InChI=1S/C21H25F4NO3/c22-18-6-2-1-4-16(18)5-3-11-29-19-8-7-15(12-17(19)21(23,24)25)9-10-20(26,13-27)14-28/h1-2,4,6-8,12,27-28H,3,5,9-11,13-14,26H2. The Balaban J connectivity index is 2.02. The third-order valence-corrected chi connectivity index (χ3v) is 4.70. The lowest BCUT2D eigenvalue weighted by Gasteiger charge is -2.24. The number of aliphatic hydroxyl groups excluding tert-OH is 2. The smallest absolute Gasteiger partial charge is 0.419 e. The minimum Gasteiger partial charge on any atom is -0.493 e. The molecule has 29 heavy (non-hydrogen) atoms. The zero-order valence-electron chi connectivity index (χ0n) is 15.9. The van der Waals surface area contributed by atoms with Gasteiger partial charge in [0, 0.05) is 0 Å². The van der Waals surface area contributed by atoms with Gasteiger partial charge in [-0.3, -0.25) is 0 Å². The van der Waals surface area contributed by atoms with Crippen molar-refractivity contribution in [2.45, 2.75) is 37.4 Å². The molecular formula is C21H25F4NO3. The molecule has 0 heterocycles. The first-order chi connectivity index (χ1) is 13.7. The molecule has 0 aliphatic carbocycles. The highest BCUT2D eigenvalue weighted by Gasteiger charge is 2.35. The van der Waals surface area contributed by atoms with E-state index in [1.165, 1.54) is 18.2 Å². The Morgan fingerprint density at radius 1 is 0.966 bits per heavy atom. The Morgan fingerprint density at radius 2 is 1.66 bits per heavy atom. The van der Waals surface area contributed by atoms with Crippen molar-refractivity contribution in [3.8, 4) is 5.75 Å². The fourth-order valence-corrected chi connectivity index (χ4v) is 2.83. The molecule has 4 N–H and O–H groups in total. The van der Waals surface area contributed by atoms with Crippen LogP contribution in [0.4, 0.5) is 17.6 Å². The number of halogens is 4. The van der Waals surface area contributed by atoms with Gasteiger partial charge >= 0.3 is 6.18 Å². The van der Waals surface area contributed by atoms with E-state index < -0.39 is 30.5 Å². The van der Waals surface area contributed by atoms with Crippen LogP contribution >= 0.6 is 0 Å². The molecular weight excluding hydrogens is 390 g/mol. The lowest BCUT2D eigenvalue weighted by molar-refractivity contribution is -0.139. The molecule has 2 rings (SSSR count). The topological polar surface area (TPSA) is 75.7 Å². The van der Waals surface area contributed by atoms with Gasteiger partial charge in [-0.2, -0.15) is 13.2 Å². The largest absolute Gasteiger partial charge is 0.493 e. The molecule has 8 heteroatoms. The Kier molecular flexibility index (Phi) is 8.01. The maximum Gasteiger partial charge on any atom is 0.419 e. The number of hydrogen-bond donors (Lipinski definition) is 3. The molecule has 0 fully saturated rings. The van der Waals surface area contributed by atoms with Crippen LogP contribution in [0.15, 0.2) is 42.5 Å². The quantitative estimate of drug-likeness (QED) is 0.410. The van der Waals surface area contributed by atoms with Crippen LogP contribution in [0.5, 0.6) is 5.75 Å². The minimum absolute atomic E-state index is 0.0116. The molecule has 0 saturated heterocycles. The van der Waals surface area contributed by atoms with E-state index in [-0.39, 0.29) is 31.0 Å². The van der Waals surface area contributed by atoms with Crippen molar-refractivity contribution in [1.29, 1.82) is 0 Å². The maximum atomic E-state index is 13.6. The van der Waals surface area contributed by atoms with Gasteiger partial charge in [0.2, 0.25) is 0 Å². The predicted molar refractivity (Wildman–Crippen MR) is 101 cm³/mol. The molecule has 4 nitrogen and oxygen atoms in total. The van der Waals surface area contributed by atoms with E-state index in [0.29, 0.717) is 24.0 Å². The molecule has 0 atom stereocenters. The number of hydrogen-bond acceptors (Lipinski definition) is 4. The fraction of sp³-hybridized carbons (Fsp3) is 0.429. The van der Waals surface area contributed by atoms with Crippen LogP contribution in [0.2, 0.25) is 0 Å². The SMILES string of the molecule is NC(CO)(CO)CCc1ccc(OCCCc2ccccc2F)c(C(F)(F)F)c1. The summed E-state index contributed by atoms with van der Waals surface area (Å²) in [5, 5.41) is 18.4. The Hall–Kier alpha value is -2.16. The van der Waals surface area contributed by atoms with Crippen LogP contribution < -0.4 is 10.5 Å². The lowest BCUT2D eigenvalue weighted by atomic mass is 9.93. The summed E-state index contributed by atoms with van der Waals surface area (Å²) in [6.45, 7) is -0.935. The molecule has 0 unspecified atom stereocenters. The summed E-state index contributed by atoms with van der Waals surface area (Å²) in [5.74, 6) is -0.646. The second-order valence-electron chi connectivity index (χ2n) is 7.05. The van der Waals surface area contributed by atoms with E-state index in [9.17, 15) is 27.8 Å². The number of aliphatic hydroxyl groups is 2. The zero-order valence-corrected chi connectivity index (χ0v) is 15.9. The Morgan fingerprint density at radius 3 is 2.28 bits per heavy atom. The molecule has 0 amide bonds. The van der Waals surface area contributed by atoms with Crippen molar-refractivity contribution in [3.63, 3.8) is 0 Å². The van der Waals surface area contributed by atoms with E-state index in [1.807, 2.05) is 0 Å². The first kappa shape index (κ1) is 23.1. The fourth-order valence-electron chi connectivity index (χ4n) is 2.83. The van der Waals surface area contributed by atoms with Gasteiger partial charge in [0.15, 0.2) is 0 Å². The average Bonchev–Trinajstić information content (AvgIpc) is 2.70. The summed E-state index contributed by atoms with van der Waals surface area (Å²) in [7, 11) is 0. The van der Waals surface area contributed by atoms with Crippen molar-refractivity contribution in [2.24, 2.45) is 5.73 Å². The number of benzene rings is 2. The Labute approximate surface area is 166 Å². The highest BCUT2D eigenvalue weighted by Crippen LogP contribution is 2.37. The first-order valence-corrected chi connectivity index (χ1v) is 9.25. The van der Waals surface area contributed by atoms with Gasteiger partial charge in [-0.1, -0.05) is 24.3 Å². The van der Waals surface area contributed by atoms with Crippen LogP contribution in [0, 0.1) is 5.82 Å². The number of aryl methyl sites for hydroxylation is 2. The van der Waals surface area contributed by atoms with Gasteiger partial charge in [0.05, 0.1) is 30.9 Å². The van der Waals surface area contributed by atoms with Crippen molar-refractivity contribution >= 4 is 0 Å². The molecule has 0 saturated carbocycles. The van der Waals surface area contributed by atoms with E-state index in [0.717, 1.165) is 6.07 Å². The average molecular weight is 415 g/mol. The minimum atomic E-state index is -4.61. The van der Waals surface area contributed by atoms with Gasteiger partial charge in [0.1, 0.15) is 11.6 Å². The van der Waals surface area contributed by atoms with Crippen LogP contribution in [0.25, 0.3) is 0 Å². The molecule has 2 aromatic rings. The molecule has 0 aromatic heterocycles. The first-order valence-electron chi connectivity index (χ1n) is 9.25. The molecule has 0 spiro atoms. The van der Waals surface area contributed by atoms with E-state index in [1.54, 1.807) is 18.2 Å². The molecule has 0 radical (unpaired) electrons. The van der Waals surface area contributed by atoms with E-state index in [4.69, 9.17) is 10.5 Å². The van der Waals surface area contributed by atoms with Crippen LogP contribution in [0.3, 0.4) is 0 Å². The van der Waals surface area contributed by atoms with Crippen molar-refractivity contribution < 1.29 is 32.5 Å². The summed E-state index contributed by atoms with van der Waals surface area (Å²) in [6, 6.07) is 9.96. The van der Waals surface area contributed by atoms with Crippen molar-refractivity contribution in [2.75, 3.05) is 19.8 Å². The van der Waals surface area contributed by atoms with Gasteiger partial charge < -0.3 is 20.7 Å². The highest BCUT2D eigenvalue weighted by atomic mass is 19.4. The van der Waals surface area contributed by atoms with Gasteiger partial charge in [-0.25, -0.2) is 4.39 Å². The molecule has 0 aliphatic heterocycles. The second-order valence-corrected chi connectivity index (χ2v) is 7.05. The van der Waals surface area contributed by atoms with Crippen molar-refractivity contribution in [1.82, 2.24) is 0 Å². The summed E-state index contributed by atoms with van der Waals surface area (Å²) >= 11 is 0. The van der Waals surface area contributed by atoms with Crippen molar-refractivity contribution in [3.05, 3.63) is 65.0 Å². The van der Waals surface area contributed by atoms with E-state index >= 15 is 0 Å². The summed E-state index contributed by atoms with van der Waals surface area (Å²) < 4.78 is 59.2. The zero-order chi connectivity index (χ0) is 21.5. The number of alkyl halides is 3. The van der Waals surface area contributed by atoms with Crippen LogP contribution in [0.1, 0.15) is 29.5 Å². The summed E-state index contributed by atoms with van der Waals surface area (Å²) in [4.78, 5) is 0. The monoisotopic (exact) mass is 415 g/mol. The molecule has 0 bridgehead atoms. The Bertz CT molecular complexity index is 792. The normalized spacial score (nSPS) is 12.2. The van der Waals surface area contributed by atoms with Gasteiger partial charge in [-0.15, -0.1) is 0 Å². The lowest BCUT2D eigenvalue weighted by Crippen LogP contribution is -2.47. The second kappa shape index (κ2) is 10.0. The maximum absolute atomic E-state index is 13.6. The summed E-state index contributed by atoms with van der Waals surface area (Å²) in [6.07, 6.45) is -3.60. The third-order valence-electron chi connectivity index (χ3n) is 4.70. The van der Waals surface area contributed by atoms with Crippen LogP contribution in [-0.4, -0.2) is 35.6 Å². The van der Waals surface area contributed by atoms with Gasteiger partial charge in [-0.05, 0) is 55.0 Å².